The first-order valence-corrected chi connectivity index (χ1v) is 8.13. The van der Waals surface area contributed by atoms with Crippen LogP contribution in [0.15, 0.2) is 6.20 Å². The van der Waals surface area contributed by atoms with Gasteiger partial charge in [-0.2, -0.15) is 5.10 Å². The topological polar surface area (TPSA) is 55.6 Å². The van der Waals surface area contributed by atoms with Crippen molar-refractivity contribution in [3.63, 3.8) is 0 Å². The first-order valence-electron chi connectivity index (χ1n) is 8.13. The summed E-state index contributed by atoms with van der Waals surface area (Å²) in [5.41, 5.74) is 6.31. The number of fused-ring (bicyclic) bond motifs is 1. The Bertz CT molecular complexity index is 674. The molecule has 0 saturated carbocycles. The summed E-state index contributed by atoms with van der Waals surface area (Å²) >= 11 is 0. The predicted octanol–water partition coefficient (Wildman–Crippen LogP) is 2.56. The Balaban J connectivity index is 1.73. The summed E-state index contributed by atoms with van der Waals surface area (Å²) in [6.07, 6.45) is 6.79. The summed E-state index contributed by atoms with van der Waals surface area (Å²) in [5.74, 6) is 0.828. The predicted molar refractivity (Wildman–Crippen MR) is 86.6 cm³/mol. The molecule has 2 aromatic heterocycles. The highest BCUT2D eigenvalue weighted by Gasteiger charge is 2.19. The number of aromatic nitrogens is 4. The molecule has 0 saturated heterocycles. The summed E-state index contributed by atoms with van der Waals surface area (Å²) < 4.78 is 2.05. The van der Waals surface area contributed by atoms with E-state index in [0.29, 0.717) is 0 Å². The molecule has 118 valence electrons. The van der Waals surface area contributed by atoms with E-state index in [9.17, 15) is 0 Å². The van der Waals surface area contributed by atoms with Crippen LogP contribution < -0.4 is 5.32 Å². The zero-order chi connectivity index (χ0) is 15.7. The summed E-state index contributed by atoms with van der Waals surface area (Å²) in [5, 5.41) is 8.29. The minimum atomic E-state index is 0.231. The smallest absolute Gasteiger partial charge is 0.125 e. The van der Waals surface area contributed by atoms with Gasteiger partial charge in [0.15, 0.2) is 0 Å². The fourth-order valence-corrected chi connectivity index (χ4v) is 3.35. The van der Waals surface area contributed by atoms with Crippen molar-refractivity contribution in [3.8, 4) is 0 Å². The summed E-state index contributed by atoms with van der Waals surface area (Å²) in [6, 6.07) is 0.231. The number of aryl methyl sites for hydroxylation is 4. The molecule has 1 N–H and O–H groups in total. The maximum absolute atomic E-state index is 4.68. The van der Waals surface area contributed by atoms with Gasteiger partial charge in [0.25, 0.3) is 0 Å². The summed E-state index contributed by atoms with van der Waals surface area (Å²) in [4.78, 5) is 8.78. The molecule has 1 atom stereocenters. The molecule has 3 rings (SSSR count). The third-order valence-electron chi connectivity index (χ3n) is 4.63. The van der Waals surface area contributed by atoms with Gasteiger partial charge in [-0.3, -0.25) is 4.68 Å². The molecule has 0 spiro atoms. The van der Waals surface area contributed by atoms with Crippen molar-refractivity contribution < 1.29 is 0 Å². The maximum Gasteiger partial charge on any atom is 0.125 e. The van der Waals surface area contributed by atoms with Crippen molar-refractivity contribution in [2.75, 3.05) is 0 Å². The van der Waals surface area contributed by atoms with Crippen molar-refractivity contribution in [2.45, 2.75) is 59.0 Å². The molecule has 0 fully saturated rings. The first kappa shape index (κ1) is 15.2. The number of hydrogen-bond donors (Lipinski definition) is 1. The molecular formula is C17H25N5. The van der Waals surface area contributed by atoms with Gasteiger partial charge in [0.1, 0.15) is 5.82 Å². The number of rotatable bonds is 4. The zero-order valence-corrected chi connectivity index (χ0v) is 14.0. The molecule has 1 aliphatic rings. The van der Waals surface area contributed by atoms with E-state index < -0.39 is 0 Å². The Morgan fingerprint density at radius 1 is 1.27 bits per heavy atom. The Kier molecular flexibility index (Phi) is 4.25. The molecule has 1 unspecified atom stereocenters. The van der Waals surface area contributed by atoms with Gasteiger partial charge < -0.3 is 5.32 Å². The van der Waals surface area contributed by atoms with Crippen LogP contribution in [0.2, 0.25) is 0 Å². The van der Waals surface area contributed by atoms with Gasteiger partial charge >= 0.3 is 0 Å². The Morgan fingerprint density at radius 3 is 2.82 bits per heavy atom. The van der Waals surface area contributed by atoms with Crippen LogP contribution in [0, 0.1) is 13.8 Å². The normalized spacial score (nSPS) is 15.6. The molecule has 2 heterocycles. The van der Waals surface area contributed by atoms with Gasteiger partial charge in [0, 0.05) is 37.1 Å². The van der Waals surface area contributed by atoms with Crippen LogP contribution in [0.25, 0.3) is 0 Å². The van der Waals surface area contributed by atoms with E-state index in [1.54, 1.807) is 0 Å². The van der Waals surface area contributed by atoms with Crippen LogP contribution in [0.5, 0.6) is 0 Å². The molecule has 5 nitrogen and oxygen atoms in total. The second kappa shape index (κ2) is 6.16. The van der Waals surface area contributed by atoms with Crippen LogP contribution in [0.1, 0.15) is 59.8 Å². The van der Waals surface area contributed by atoms with Gasteiger partial charge in [-0.15, -0.1) is 0 Å². The van der Waals surface area contributed by atoms with Crippen LogP contribution in [0.3, 0.4) is 0 Å². The lowest BCUT2D eigenvalue weighted by atomic mass is 9.96. The van der Waals surface area contributed by atoms with Crippen LogP contribution in [0.4, 0.5) is 0 Å². The molecule has 5 heteroatoms. The fourth-order valence-electron chi connectivity index (χ4n) is 3.35. The van der Waals surface area contributed by atoms with E-state index >= 15 is 0 Å². The molecule has 2 aromatic rings. The largest absolute Gasteiger partial charge is 0.304 e. The minimum absolute atomic E-state index is 0.231. The highest BCUT2D eigenvalue weighted by molar-refractivity contribution is 5.29. The Hall–Kier alpha value is -1.75. The summed E-state index contributed by atoms with van der Waals surface area (Å²) in [7, 11) is 2.06. The fraction of sp³-hybridized carbons (Fsp3) is 0.588. The standard InChI is InChI=1S/C17H25N5/c1-11(15-9-19-13(3)20-12(15)2)18-10-17-14-7-5-6-8-16(14)21-22(17)4/h9,11,18H,5-8,10H2,1-4H3. The first-order chi connectivity index (χ1) is 10.6. The quantitative estimate of drug-likeness (QED) is 0.942. The lowest BCUT2D eigenvalue weighted by Crippen LogP contribution is -2.22. The van der Waals surface area contributed by atoms with Crippen LogP contribution in [-0.2, 0) is 26.4 Å². The second-order valence-corrected chi connectivity index (χ2v) is 6.26. The second-order valence-electron chi connectivity index (χ2n) is 6.26. The van der Waals surface area contributed by atoms with E-state index in [4.69, 9.17) is 0 Å². The molecule has 0 amide bonds. The van der Waals surface area contributed by atoms with Crippen molar-refractivity contribution in [1.29, 1.82) is 0 Å². The molecule has 1 aliphatic carbocycles. The highest BCUT2D eigenvalue weighted by atomic mass is 15.3. The van der Waals surface area contributed by atoms with Gasteiger partial charge in [0.05, 0.1) is 11.4 Å². The van der Waals surface area contributed by atoms with Crippen molar-refractivity contribution in [2.24, 2.45) is 7.05 Å². The van der Waals surface area contributed by atoms with E-state index in [1.165, 1.54) is 41.8 Å². The average molecular weight is 299 g/mol. The molecule has 0 bridgehead atoms. The van der Waals surface area contributed by atoms with Crippen molar-refractivity contribution in [3.05, 3.63) is 40.2 Å². The monoisotopic (exact) mass is 299 g/mol. The summed E-state index contributed by atoms with van der Waals surface area (Å²) in [6.45, 7) is 6.99. The minimum Gasteiger partial charge on any atom is -0.304 e. The maximum atomic E-state index is 4.68. The van der Waals surface area contributed by atoms with Crippen LogP contribution in [-0.4, -0.2) is 19.7 Å². The van der Waals surface area contributed by atoms with Gasteiger partial charge in [-0.1, -0.05) is 0 Å². The average Bonchev–Trinajstić information content (AvgIpc) is 2.80. The molecule has 0 aliphatic heterocycles. The zero-order valence-electron chi connectivity index (χ0n) is 14.0. The van der Waals surface area contributed by atoms with E-state index in [-0.39, 0.29) is 6.04 Å². The number of nitrogens with zero attached hydrogens (tertiary/aromatic N) is 4. The number of hydrogen-bond acceptors (Lipinski definition) is 4. The van der Waals surface area contributed by atoms with Gasteiger partial charge in [-0.05, 0) is 52.0 Å². The molecule has 0 radical (unpaired) electrons. The third kappa shape index (κ3) is 2.90. The van der Waals surface area contributed by atoms with E-state index in [0.717, 1.165) is 24.5 Å². The highest BCUT2D eigenvalue weighted by Crippen LogP contribution is 2.24. The van der Waals surface area contributed by atoms with Gasteiger partial charge in [0.2, 0.25) is 0 Å². The third-order valence-corrected chi connectivity index (χ3v) is 4.63. The van der Waals surface area contributed by atoms with Gasteiger partial charge in [-0.25, -0.2) is 9.97 Å². The van der Waals surface area contributed by atoms with Crippen LogP contribution >= 0.6 is 0 Å². The van der Waals surface area contributed by atoms with E-state index in [1.807, 2.05) is 24.7 Å². The Labute approximate surface area is 132 Å². The lowest BCUT2D eigenvalue weighted by Gasteiger charge is -2.17. The van der Waals surface area contributed by atoms with Crippen molar-refractivity contribution >= 4 is 0 Å². The molecule has 22 heavy (non-hydrogen) atoms. The molecule has 0 aromatic carbocycles. The van der Waals surface area contributed by atoms with E-state index in [2.05, 4.69) is 34.4 Å². The Morgan fingerprint density at radius 2 is 2.05 bits per heavy atom. The SMILES string of the molecule is Cc1ncc(C(C)NCc2c3c(nn2C)CCCC3)c(C)n1. The van der Waals surface area contributed by atoms with Crippen molar-refractivity contribution in [1.82, 2.24) is 25.1 Å². The molecular weight excluding hydrogens is 274 g/mol. The number of nitrogens with one attached hydrogen (secondary N) is 1. The lowest BCUT2D eigenvalue weighted by molar-refractivity contribution is 0.539.